The molecule has 1 saturated carbocycles. The summed E-state index contributed by atoms with van der Waals surface area (Å²) in [7, 11) is 0. The molecule has 16 heavy (non-hydrogen) atoms. The molecule has 4 heteroatoms. The Morgan fingerprint density at radius 2 is 2.25 bits per heavy atom. The van der Waals surface area contributed by atoms with Crippen molar-refractivity contribution in [3.63, 3.8) is 0 Å². The van der Waals surface area contributed by atoms with Crippen LogP contribution >= 0.6 is 15.9 Å². The molecule has 0 heterocycles. The van der Waals surface area contributed by atoms with Crippen LogP contribution < -0.4 is 5.32 Å². The van der Waals surface area contributed by atoms with Crippen molar-refractivity contribution in [1.29, 1.82) is 0 Å². The zero-order valence-electron chi connectivity index (χ0n) is 8.54. The van der Waals surface area contributed by atoms with Gasteiger partial charge in [-0.2, -0.15) is 0 Å². The van der Waals surface area contributed by atoms with Gasteiger partial charge in [0.2, 0.25) is 5.91 Å². The summed E-state index contributed by atoms with van der Waals surface area (Å²) >= 11 is 3.25. The molecule has 0 bridgehead atoms. The molecule has 0 aromatic heterocycles. The van der Waals surface area contributed by atoms with E-state index in [1.807, 2.05) is 0 Å². The second kappa shape index (κ2) is 4.78. The van der Waals surface area contributed by atoms with Crippen LogP contribution in [0.2, 0.25) is 0 Å². The van der Waals surface area contributed by atoms with Gasteiger partial charge < -0.3 is 5.32 Å². The minimum Gasteiger partial charge on any atom is -0.350 e. The fourth-order valence-electron chi connectivity index (χ4n) is 1.28. The number of hydrogen-bond donors (Lipinski definition) is 1. The third kappa shape index (κ3) is 3.17. The third-order valence-corrected chi connectivity index (χ3v) is 2.79. The maximum absolute atomic E-state index is 13.3. The van der Waals surface area contributed by atoms with Gasteiger partial charge in [0.05, 0.1) is 0 Å². The van der Waals surface area contributed by atoms with Crippen LogP contribution in [0.3, 0.4) is 0 Å². The molecule has 0 unspecified atom stereocenters. The summed E-state index contributed by atoms with van der Waals surface area (Å²) in [6, 6.07) is 4.94. The van der Waals surface area contributed by atoms with E-state index in [0.717, 1.165) is 17.3 Å². The molecule has 2 nitrogen and oxygen atoms in total. The Bertz CT molecular complexity index is 441. The predicted octanol–water partition coefficient (Wildman–Crippen LogP) is 2.88. The minimum absolute atomic E-state index is 0.165. The van der Waals surface area contributed by atoms with Crippen molar-refractivity contribution in [3.05, 3.63) is 40.1 Å². The summed E-state index contributed by atoms with van der Waals surface area (Å²) < 4.78 is 14.1. The van der Waals surface area contributed by atoms with E-state index in [4.69, 9.17) is 0 Å². The van der Waals surface area contributed by atoms with Crippen LogP contribution in [-0.4, -0.2) is 11.9 Å². The van der Waals surface area contributed by atoms with E-state index in [1.54, 1.807) is 12.1 Å². The Labute approximate surface area is 102 Å². The highest BCUT2D eigenvalue weighted by Gasteiger charge is 2.22. The first-order valence-corrected chi connectivity index (χ1v) is 5.88. The van der Waals surface area contributed by atoms with Crippen LogP contribution in [0.4, 0.5) is 4.39 Å². The average molecular weight is 284 g/mol. The molecule has 84 valence electrons. The molecule has 0 atom stereocenters. The van der Waals surface area contributed by atoms with Gasteiger partial charge in [-0.3, -0.25) is 4.79 Å². The highest BCUT2D eigenvalue weighted by Crippen LogP contribution is 2.19. The monoisotopic (exact) mass is 283 g/mol. The molecule has 1 fully saturated rings. The van der Waals surface area contributed by atoms with Crippen LogP contribution in [0.25, 0.3) is 6.08 Å². The largest absolute Gasteiger partial charge is 0.350 e. The van der Waals surface area contributed by atoms with E-state index in [1.165, 1.54) is 18.2 Å². The fraction of sp³-hybridized carbons (Fsp3) is 0.250. The van der Waals surface area contributed by atoms with Gasteiger partial charge in [-0.05, 0) is 37.1 Å². The Morgan fingerprint density at radius 3 is 2.94 bits per heavy atom. The number of amides is 1. The SMILES string of the molecule is O=C(C=Cc1cc(Br)ccc1F)NC1CC1. The zero-order valence-corrected chi connectivity index (χ0v) is 10.1. The van der Waals surface area contributed by atoms with Crippen molar-refractivity contribution in [1.82, 2.24) is 5.32 Å². The van der Waals surface area contributed by atoms with Crippen molar-refractivity contribution in [2.45, 2.75) is 18.9 Å². The lowest BCUT2D eigenvalue weighted by Crippen LogP contribution is -2.22. The van der Waals surface area contributed by atoms with E-state index in [0.29, 0.717) is 11.6 Å². The van der Waals surface area contributed by atoms with Crippen LogP contribution in [0.5, 0.6) is 0 Å². The van der Waals surface area contributed by atoms with Gasteiger partial charge in [-0.25, -0.2) is 4.39 Å². The van der Waals surface area contributed by atoms with Crippen LogP contribution in [0.15, 0.2) is 28.7 Å². The summed E-state index contributed by atoms with van der Waals surface area (Å²) in [4.78, 5) is 11.3. The van der Waals surface area contributed by atoms with Gasteiger partial charge in [0, 0.05) is 22.2 Å². The molecule has 1 aromatic carbocycles. The molecule has 0 aliphatic heterocycles. The Kier molecular flexibility index (Phi) is 3.39. The molecular weight excluding hydrogens is 273 g/mol. The first-order valence-electron chi connectivity index (χ1n) is 5.09. The van der Waals surface area contributed by atoms with Crippen molar-refractivity contribution in [2.24, 2.45) is 0 Å². The summed E-state index contributed by atoms with van der Waals surface area (Å²) in [5.41, 5.74) is 0.403. The summed E-state index contributed by atoms with van der Waals surface area (Å²) in [5, 5.41) is 2.80. The summed E-state index contributed by atoms with van der Waals surface area (Å²) in [5.74, 6) is -0.499. The number of rotatable bonds is 3. The van der Waals surface area contributed by atoms with Crippen LogP contribution in [0, 0.1) is 5.82 Å². The smallest absolute Gasteiger partial charge is 0.244 e. The van der Waals surface area contributed by atoms with E-state index < -0.39 is 0 Å². The van der Waals surface area contributed by atoms with E-state index in [-0.39, 0.29) is 11.7 Å². The van der Waals surface area contributed by atoms with Crippen molar-refractivity contribution in [2.75, 3.05) is 0 Å². The highest BCUT2D eigenvalue weighted by molar-refractivity contribution is 9.10. The second-order valence-corrected chi connectivity index (χ2v) is 4.70. The molecule has 1 aromatic rings. The van der Waals surface area contributed by atoms with Gasteiger partial charge in [0.25, 0.3) is 0 Å². The first-order chi connectivity index (χ1) is 7.65. The van der Waals surface area contributed by atoms with Gasteiger partial charge in [-0.15, -0.1) is 0 Å². The lowest BCUT2D eigenvalue weighted by molar-refractivity contribution is -0.116. The topological polar surface area (TPSA) is 29.1 Å². The molecule has 1 amide bonds. The molecule has 0 radical (unpaired) electrons. The normalized spacial score (nSPS) is 15.4. The zero-order chi connectivity index (χ0) is 11.5. The van der Waals surface area contributed by atoms with Crippen molar-refractivity contribution < 1.29 is 9.18 Å². The van der Waals surface area contributed by atoms with Crippen molar-refractivity contribution in [3.8, 4) is 0 Å². The molecule has 1 aliphatic rings. The molecule has 0 spiro atoms. The predicted molar refractivity (Wildman–Crippen MR) is 64.3 cm³/mol. The molecule has 1 N–H and O–H groups in total. The maximum Gasteiger partial charge on any atom is 0.244 e. The Hall–Kier alpha value is -1.16. The lowest BCUT2D eigenvalue weighted by Gasteiger charge is -1.99. The lowest BCUT2D eigenvalue weighted by atomic mass is 10.2. The fourth-order valence-corrected chi connectivity index (χ4v) is 1.66. The molecule has 1 aliphatic carbocycles. The minimum atomic E-state index is -0.335. The maximum atomic E-state index is 13.3. The number of benzene rings is 1. The Morgan fingerprint density at radius 1 is 1.50 bits per heavy atom. The quantitative estimate of drug-likeness (QED) is 0.850. The summed E-state index contributed by atoms with van der Waals surface area (Å²) in [6.07, 6.45) is 4.94. The first kappa shape index (κ1) is 11.3. The number of carbonyl (C=O) groups excluding carboxylic acids is 1. The number of hydrogen-bond acceptors (Lipinski definition) is 1. The second-order valence-electron chi connectivity index (χ2n) is 3.78. The van der Waals surface area contributed by atoms with E-state index in [2.05, 4.69) is 21.2 Å². The summed E-state index contributed by atoms with van der Waals surface area (Å²) in [6.45, 7) is 0. The van der Waals surface area contributed by atoms with E-state index >= 15 is 0 Å². The third-order valence-electron chi connectivity index (χ3n) is 2.30. The van der Waals surface area contributed by atoms with Crippen LogP contribution in [-0.2, 0) is 4.79 Å². The van der Waals surface area contributed by atoms with E-state index in [9.17, 15) is 9.18 Å². The van der Waals surface area contributed by atoms with Crippen LogP contribution in [0.1, 0.15) is 18.4 Å². The standard InChI is InChI=1S/C12H11BrFNO/c13-9-2-5-11(14)8(7-9)1-6-12(16)15-10-3-4-10/h1-2,5-7,10H,3-4H2,(H,15,16). The number of carbonyl (C=O) groups is 1. The van der Waals surface area contributed by atoms with Gasteiger partial charge in [0.15, 0.2) is 0 Å². The average Bonchev–Trinajstić information content (AvgIpc) is 3.03. The number of nitrogens with one attached hydrogen (secondary N) is 1. The molecular formula is C12H11BrFNO. The molecule has 0 saturated heterocycles. The van der Waals surface area contributed by atoms with Gasteiger partial charge in [0.1, 0.15) is 5.82 Å². The number of halogens is 2. The van der Waals surface area contributed by atoms with Crippen molar-refractivity contribution >= 4 is 27.9 Å². The Balaban J connectivity index is 2.03. The highest BCUT2D eigenvalue weighted by atomic mass is 79.9. The van der Waals surface area contributed by atoms with Gasteiger partial charge >= 0.3 is 0 Å². The molecule has 2 rings (SSSR count). The van der Waals surface area contributed by atoms with Gasteiger partial charge in [-0.1, -0.05) is 15.9 Å².